The molecule has 116 valence electrons. The van der Waals surface area contributed by atoms with Crippen LogP contribution in [0.5, 0.6) is 0 Å². The van der Waals surface area contributed by atoms with Crippen molar-refractivity contribution in [2.75, 3.05) is 19.3 Å². The van der Waals surface area contributed by atoms with Crippen LogP contribution in [0, 0.1) is 0 Å². The van der Waals surface area contributed by atoms with Crippen LogP contribution >= 0.6 is 11.8 Å². The highest BCUT2D eigenvalue weighted by Gasteiger charge is 2.27. The van der Waals surface area contributed by atoms with E-state index < -0.39 is 16.2 Å². The number of carboxylic acids is 1. The summed E-state index contributed by atoms with van der Waals surface area (Å²) in [5.41, 5.74) is 0.976. The maximum atomic E-state index is 12.2. The standard InChI is InChI=1S/C13H18N2O4S2/c1-15(8-6-13(16)17)21(18,19)14-11-7-9-20-12-5-3-2-4-10(11)12/h2-5,11,14H,6-9H2,1H3,(H,16,17). The number of thioether (sulfide) groups is 1. The van der Waals surface area contributed by atoms with Gasteiger partial charge in [0.2, 0.25) is 0 Å². The van der Waals surface area contributed by atoms with Gasteiger partial charge in [-0.25, -0.2) is 0 Å². The van der Waals surface area contributed by atoms with Gasteiger partial charge in [-0.05, 0) is 23.8 Å². The lowest BCUT2D eigenvalue weighted by Crippen LogP contribution is -2.41. The van der Waals surface area contributed by atoms with Gasteiger partial charge in [0.05, 0.1) is 6.42 Å². The molecule has 8 heteroatoms. The first kappa shape index (κ1) is 16.3. The lowest BCUT2D eigenvalue weighted by molar-refractivity contribution is -0.137. The average molecular weight is 330 g/mol. The predicted molar refractivity (Wildman–Crippen MR) is 81.5 cm³/mol. The number of hydrogen-bond donors (Lipinski definition) is 2. The van der Waals surface area contributed by atoms with E-state index in [4.69, 9.17) is 5.11 Å². The predicted octanol–water partition coefficient (Wildman–Crippen LogP) is 1.46. The molecule has 6 nitrogen and oxygen atoms in total. The molecule has 0 saturated heterocycles. The van der Waals surface area contributed by atoms with Crippen LogP contribution in [0.2, 0.25) is 0 Å². The third-order valence-electron chi connectivity index (χ3n) is 3.30. The molecule has 2 N–H and O–H groups in total. The van der Waals surface area contributed by atoms with Gasteiger partial charge in [-0.3, -0.25) is 4.79 Å². The third kappa shape index (κ3) is 4.19. The van der Waals surface area contributed by atoms with E-state index in [1.165, 1.54) is 7.05 Å². The molecule has 1 unspecified atom stereocenters. The van der Waals surface area contributed by atoms with E-state index in [9.17, 15) is 13.2 Å². The number of carbonyl (C=O) groups is 1. The maximum Gasteiger partial charge on any atom is 0.304 e. The van der Waals surface area contributed by atoms with Crippen LogP contribution in [0.25, 0.3) is 0 Å². The zero-order valence-corrected chi connectivity index (χ0v) is 13.3. The molecule has 1 aromatic rings. The molecule has 0 amide bonds. The first-order valence-electron chi connectivity index (χ1n) is 6.57. The zero-order chi connectivity index (χ0) is 15.5. The Labute approximate surface area is 128 Å². The minimum absolute atomic E-state index is 0.0478. The van der Waals surface area contributed by atoms with Crippen LogP contribution < -0.4 is 4.72 Å². The molecule has 2 rings (SSSR count). The molecule has 1 atom stereocenters. The fourth-order valence-corrected chi connectivity index (χ4v) is 4.35. The smallest absolute Gasteiger partial charge is 0.304 e. The highest BCUT2D eigenvalue weighted by Crippen LogP contribution is 2.36. The minimum atomic E-state index is -3.69. The Hall–Kier alpha value is -1.09. The van der Waals surface area contributed by atoms with Crippen molar-refractivity contribution in [3.8, 4) is 0 Å². The molecule has 0 spiro atoms. The molecule has 0 saturated carbocycles. The van der Waals surface area contributed by atoms with Gasteiger partial charge in [0.15, 0.2) is 0 Å². The minimum Gasteiger partial charge on any atom is -0.481 e. The van der Waals surface area contributed by atoms with Crippen LogP contribution in [0.15, 0.2) is 29.2 Å². The SMILES string of the molecule is CN(CCC(=O)O)S(=O)(=O)NC1CCSc2ccccc21. The number of fused-ring (bicyclic) bond motifs is 1. The molecule has 0 radical (unpaired) electrons. The van der Waals surface area contributed by atoms with Crippen LogP contribution in [-0.4, -0.2) is 43.1 Å². The second kappa shape index (κ2) is 6.78. The van der Waals surface area contributed by atoms with E-state index >= 15 is 0 Å². The van der Waals surface area contributed by atoms with Gasteiger partial charge in [-0.1, -0.05) is 18.2 Å². The molecular weight excluding hydrogens is 312 g/mol. The largest absolute Gasteiger partial charge is 0.481 e. The Bertz CT molecular complexity index is 618. The normalized spacial score (nSPS) is 18.5. The molecule has 21 heavy (non-hydrogen) atoms. The van der Waals surface area contributed by atoms with Gasteiger partial charge < -0.3 is 5.11 Å². The second-order valence-electron chi connectivity index (χ2n) is 4.82. The summed E-state index contributed by atoms with van der Waals surface area (Å²) < 4.78 is 28.2. The molecule has 0 aliphatic carbocycles. The quantitative estimate of drug-likeness (QED) is 0.825. The van der Waals surface area contributed by atoms with E-state index in [2.05, 4.69) is 4.72 Å². The zero-order valence-electron chi connectivity index (χ0n) is 11.7. The van der Waals surface area contributed by atoms with Crippen molar-refractivity contribution in [3.63, 3.8) is 0 Å². The molecule has 1 aromatic carbocycles. The van der Waals surface area contributed by atoms with Gasteiger partial charge >= 0.3 is 5.97 Å². The van der Waals surface area contributed by atoms with Crippen molar-refractivity contribution in [2.45, 2.75) is 23.8 Å². The summed E-state index contributed by atoms with van der Waals surface area (Å²) in [6.45, 7) is -0.0478. The van der Waals surface area contributed by atoms with E-state index in [1.54, 1.807) is 11.8 Å². The Morgan fingerprint density at radius 3 is 2.90 bits per heavy atom. The Kier molecular flexibility index (Phi) is 5.26. The highest BCUT2D eigenvalue weighted by molar-refractivity contribution is 7.99. The maximum absolute atomic E-state index is 12.2. The van der Waals surface area contributed by atoms with Crippen LogP contribution in [0.3, 0.4) is 0 Å². The van der Waals surface area contributed by atoms with E-state index in [1.807, 2.05) is 24.3 Å². The van der Waals surface area contributed by atoms with E-state index in [-0.39, 0.29) is 19.0 Å². The lowest BCUT2D eigenvalue weighted by atomic mass is 10.1. The summed E-state index contributed by atoms with van der Waals surface area (Å²) >= 11 is 1.71. The van der Waals surface area contributed by atoms with Gasteiger partial charge in [-0.2, -0.15) is 17.4 Å². The first-order chi connectivity index (χ1) is 9.90. The summed E-state index contributed by atoms with van der Waals surface area (Å²) in [6.07, 6.45) is 0.502. The van der Waals surface area contributed by atoms with Gasteiger partial charge in [0, 0.05) is 24.5 Å². The van der Waals surface area contributed by atoms with Crippen molar-refractivity contribution < 1.29 is 18.3 Å². The summed E-state index contributed by atoms with van der Waals surface area (Å²) in [4.78, 5) is 11.6. The average Bonchev–Trinajstić information content (AvgIpc) is 2.44. The molecule has 1 aliphatic heterocycles. The van der Waals surface area contributed by atoms with Crippen LogP contribution in [-0.2, 0) is 15.0 Å². The van der Waals surface area contributed by atoms with Crippen molar-refractivity contribution in [1.29, 1.82) is 0 Å². The summed E-state index contributed by atoms with van der Waals surface area (Å²) in [6, 6.07) is 7.46. The van der Waals surface area contributed by atoms with Crippen LogP contribution in [0.4, 0.5) is 0 Å². The number of hydrogen-bond acceptors (Lipinski definition) is 4. The number of rotatable bonds is 6. The molecule has 1 heterocycles. The number of nitrogens with zero attached hydrogens (tertiary/aromatic N) is 1. The lowest BCUT2D eigenvalue weighted by Gasteiger charge is -2.27. The Morgan fingerprint density at radius 1 is 1.48 bits per heavy atom. The molecule has 0 bridgehead atoms. The molecule has 0 fully saturated rings. The third-order valence-corrected chi connectivity index (χ3v) is 6.01. The topological polar surface area (TPSA) is 86.7 Å². The first-order valence-corrected chi connectivity index (χ1v) is 9.00. The van der Waals surface area contributed by atoms with Crippen molar-refractivity contribution in [1.82, 2.24) is 9.03 Å². The van der Waals surface area contributed by atoms with Crippen molar-refractivity contribution in [2.24, 2.45) is 0 Å². The number of carboxylic acid groups (broad SMARTS) is 1. The van der Waals surface area contributed by atoms with Crippen molar-refractivity contribution in [3.05, 3.63) is 29.8 Å². The molecular formula is C13H18N2O4S2. The monoisotopic (exact) mass is 330 g/mol. The van der Waals surface area contributed by atoms with Crippen molar-refractivity contribution >= 4 is 27.9 Å². The number of benzene rings is 1. The van der Waals surface area contributed by atoms with Gasteiger partial charge in [0.25, 0.3) is 10.2 Å². The number of aliphatic carboxylic acids is 1. The van der Waals surface area contributed by atoms with Crippen LogP contribution in [0.1, 0.15) is 24.4 Å². The van der Waals surface area contributed by atoms with E-state index in [0.29, 0.717) is 6.42 Å². The molecule has 1 aliphatic rings. The van der Waals surface area contributed by atoms with Gasteiger partial charge in [0.1, 0.15) is 0 Å². The summed E-state index contributed by atoms with van der Waals surface area (Å²) in [7, 11) is -2.30. The highest BCUT2D eigenvalue weighted by atomic mass is 32.2. The number of nitrogens with one attached hydrogen (secondary N) is 1. The summed E-state index contributed by atoms with van der Waals surface area (Å²) in [5, 5.41) is 8.64. The fraction of sp³-hybridized carbons (Fsp3) is 0.462. The molecule has 0 aromatic heterocycles. The van der Waals surface area contributed by atoms with E-state index in [0.717, 1.165) is 20.5 Å². The Balaban J connectivity index is 2.09. The fourth-order valence-electron chi connectivity index (χ4n) is 2.11. The second-order valence-corrected chi connectivity index (χ2v) is 7.76. The van der Waals surface area contributed by atoms with Gasteiger partial charge in [-0.15, -0.1) is 11.8 Å². The summed E-state index contributed by atoms with van der Waals surface area (Å²) in [5.74, 6) is -0.167. The Morgan fingerprint density at radius 2 is 2.19 bits per heavy atom.